The number of hydrogen-bond donors (Lipinski definition) is 0. The van der Waals surface area contributed by atoms with Crippen molar-refractivity contribution in [2.24, 2.45) is 0 Å². The highest BCUT2D eigenvalue weighted by Crippen LogP contribution is 2.56. The van der Waals surface area contributed by atoms with Crippen LogP contribution in [-0.2, 0) is 28.5 Å². The molecule has 0 N–H and O–H groups in total. The van der Waals surface area contributed by atoms with E-state index in [1.54, 1.807) is 13.8 Å². The predicted molar refractivity (Wildman–Crippen MR) is 78.4 cm³/mol. The van der Waals surface area contributed by atoms with E-state index in [0.717, 1.165) is 0 Å². The van der Waals surface area contributed by atoms with Crippen molar-refractivity contribution in [3.63, 3.8) is 0 Å². The molecule has 0 aromatic heterocycles. The summed E-state index contributed by atoms with van der Waals surface area (Å²) >= 11 is 0. The highest BCUT2D eigenvalue weighted by Gasteiger charge is 2.72. The quantitative estimate of drug-likeness (QED) is 0.673. The molecule has 6 nitrogen and oxygen atoms in total. The first-order chi connectivity index (χ1) is 11.6. The molecule has 0 aromatic rings. The number of carbonyl (C=O) groups is 2. The van der Waals surface area contributed by atoms with E-state index in [9.17, 15) is 22.8 Å². The maximum Gasteiger partial charge on any atom is 0.411 e. The third-order valence-electron chi connectivity index (χ3n) is 4.36. The summed E-state index contributed by atoms with van der Waals surface area (Å²) in [5.74, 6) is -1.67. The Bertz CT molecular complexity index is 585. The zero-order chi connectivity index (χ0) is 18.9. The van der Waals surface area contributed by atoms with Crippen LogP contribution in [0.25, 0.3) is 0 Å². The number of carbonyl (C=O) groups excluding carboxylic acids is 2. The predicted octanol–water partition coefficient (Wildman–Crippen LogP) is 2.66. The van der Waals surface area contributed by atoms with E-state index in [-0.39, 0.29) is 37.4 Å². The smallest absolute Gasteiger partial charge is 0.411 e. The Morgan fingerprint density at radius 2 is 1.80 bits per heavy atom. The standard InChI is InChI=1S/C16H21F3O6/c1-4-22-12(20)11-10(3)25-15(13(21)23-5-2)8-6-7-14(11,15)24-9-16(17,18)19/h4-9H2,1-3H3. The van der Waals surface area contributed by atoms with Gasteiger partial charge in [0.2, 0.25) is 5.60 Å². The average molecular weight is 366 g/mol. The Morgan fingerprint density at radius 1 is 1.16 bits per heavy atom. The van der Waals surface area contributed by atoms with Gasteiger partial charge in [-0.05, 0) is 33.6 Å². The maximum absolute atomic E-state index is 12.8. The van der Waals surface area contributed by atoms with Gasteiger partial charge in [-0.25, -0.2) is 9.59 Å². The van der Waals surface area contributed by atoms with Gasteiger partial charge < -0.3 is 18.9 Å². The molecular formula is C16H21F3O6. The van der Waals surface area contributed by atoms with Crippen molar-refractivity contribution in [1.82, 2.24) is 0 Å². The molecule has 25 heavy (non-hydrogen) atoms. The topological polar surface area (TPSA) is 71.1 Å². The Labute approximate surface area is 143 Å². The van der Waals surface area contributed by atoms with Crippen LogP contribution < -0.4 is 0 Å². The zero-order valence-corrected chi connectivity index (χ0v) is 14.3. The minimum absolute atomic E-state index is 0.0209. The third-order valence-corrected chi connectivity index (χ3v) is 4.36. The molecule has 0 spiro atoms. The van der Waals surface area contributed by atoms with Crippen LogP contribution in [-0.4, -0.2) is 49.1 Å². The largest absolute Gasteiger partial charge is 0.476 e. The molecule has 9 heteroatoms. The Morgan fingerprint density at radius 3 is 2.36 bits per heavy atom. The van der Waals surface area contributed by atoms with Gasteiger partial charge in [0.15, 0.2) is 5.60 Å². The molecule has 2 rings (SSSR count). The summed E-state index contributed by atoms with van der Waals surface area (Å²) in [6.07, 6.45) is -4.18. The molecule has 0 saturated heterocycles. The van der Waals surface area contributed by atoms with E-state index in [0.29, 0.717) is 6.42 Å². The molecule has 2 unspecified atom stereocenters. The van der Waals surface area contributed by atoms with Gasteiger partial charge in [-0.1, -0.05) is 0 Å². The maximum atomic E-state index is 12.8. The molecule has 0 aromatic carbocycles. The molecule has 0 radical (unpaired) electrons. The summed E-state index contributed by atoms with van der Waals surface area (Å²) in [7, 11) is 0. The molecule has 1 heterocycles. The van der Waals surface area contributed by atoms with Gasteiger partial charge in [0.25, 0.3) is 0 Å². The molecular weight excluding hydrogens is 345 g/mol. The van der Waals surface area contributed by atoms with E-state index in [4.69, 9.17) is 18.9 Å². The minimum Gasteiger partial charge on any atom is -0.476 e. The second kappa shape index (κ2) is 6.86. The Balaban J connectivity index is 2.51. The van der Waals surface area contributed by atoms with Gasteiger partial charge >= 0.3 is 18.1 Å². The fraction of sp³-hybridized carbons (Fsp3) is 0.750. The molecule has 1 saturated carbocycles. The molecule has 1 aliphatic carbocycles. The van der Waals surface area contributed by atoms with Crippen molar-refractivity contribution in [2.45, 2.75) is 57.4 Å². The number of halogens is 3. The van der Waals surface area contributed by atoms with Crippen molar-refractivity contribution in [3.05, 3.63) is 11.3 Å². The SMILES string of the molecule is CCOC(=O)C1=C(C)OC2(C(=O)OCC)CCCC12OCC(F)(F)F. The van der Waals surface area contributed by atoms with Crippen molar-refractivity contribution in [1.29, 1.82) is 0 Å². The number of esters is 2. The zero-order valence-electron chi connectivity index (χ0n) is 14.3. The molecule has 0 amide bonds. The van der Waals surface area contributed by atoms with E-state index >= 15 is 0 Å². The monoisotopic (exact) mass is 366 g/mol. The van der Waals surface area contributed by atoms with Crippen molar-refractivity contribution in [3.8, 4) is 0 Å². The number of alkyl halides is 3. The average Bonchev–Trinajstić information content (AvgIpc) is 2.96. The first-order valence-corrected chi connectivity index (χ1v) is 8.09. The van der Waals surface area contributed by atoms with Crippen LogP contribution in [0, 0.1) is 0 Å². The first kappa shape index (κ1) is 19.6. The molecule has 142 valence electrons. The van der Waals surface area contributed by atoms with Crippen LogP contribution >= 0.6 is 0 Å². The highest BCUT2D eigenvalue weighted by molar-refractivity contribution is 5.97. The third kappa shape index (κ3) is 3.21. The first-order valence-electron chi connectivity index (χ1n) is 8.09. The molecule has 1 aliphatic heterocycles. The highest BCUT2D eigenvalue weighted by atomic mass is 19.4. The van der Waals surface area contributed by atoms with E-state index < -0.39 is 35.9 Å². The fourth-order valence-corrected chi connectivity index (χ4v) is 3.58. The summed E-state index contributed by atoms with van der Waals surface area (Å²) in [6.45, 7) is 2.98. The molecule has 1 fully saturated rings. The number of ether oxygens (including phenoxy) is 4. The van der Waals surface area contributed by atoms with E-state index in [1.165, 1.54) is 6.92 Å². The van der Waals surface area contributed by atoms with Gasteiger partial charge in [0, 0.05) is 6.42 Å². The summed E-state index contributed by atoms with van der Waals surface area (Å²) in [6, 6.07) is 0. The lowest BCUT2D eigenvalue weighted by atomic mass is 9.81. The summed E-state index contributed by atoms with van der Waals surface area (Å²) in [5.41, 5.74) is -3.85. The number of fused-ring (bicyclic) bond motifs is 1. The second-order valence-corrected chi connectivity index (χ2v) is 5.89. The van der Waals surface area contributed by atoms with Crippen LogP contribution in [0.4, 0.5) is 13.2 Å². The molecule has 2 aliphatic rings. The van der Waals surface area contributed by atoms with Gasteiger partial charge in [0.05, 0.1) is 13.2 Å². The number of rotatable bonds is 6. The van der Waals surface area contributed by atoms with Crippen molar-refractivity contribution >= 4 is 11.9 Å². The molecule has 0 bridgehead atoms. The van der Waals surface area contributed by atoms with Crippen molar-refractivity contribution in [2.75, 3.05) is 19.8 Å². The van der Waals surface area contributed by atoms with Crippen molar-refractivity contribution < 1.29 is 41.7 Å². The lowest BCUT2D eigenvalue weighted by Gasteiger charge is -2.38. The Kier molecular flexibility index (Phi) is 5.36. The Hall–Kier alpha value is -1.77. The van der Waals surface area contributed by atoms with Gasteiger partial charge in [-0.3, -0.25) is 0 Å². The summed E-state index contributed by atoms with van der Waals surface area (Å²) < 4.78 is 59.2. The van der Waals surface area contributed by atoms with E-state index in [1.807, 2.05) is 0 Å². The van der Waals surface area contributed by atoms with Gasteiger partial charge in [-0.15, -0.1) is 0 Å². The van der Waals surface area contributed by atoms with Crippen LogP contribution in [0.1, 0.15) is 40.0 Å². The molecule has 2 atom stereocenters. The minimum atomic E-state index is -4.63. The number of allylic oxidation sites excluding steroid dienone is 1. The van der Waals surface area contributed by atoms with Gasteiger partial charge in [-0.2, -0.15) is 13.2 Å². The summed E-state index contributed by atoms with van der Waals surface area (Å²) in [5, 5.41) is 0. The van der Waals surface area contributed by atoms with Crippen LogP contribution in [0.2, 0.25) is 0 Å². The fourth-order valence-electron chi connectivity index (χ4n) is 3.58. The second-order valence-electron chi connectivity index (χ2n) is 5.89. The lowest BCUT2D eigenvalue weighted by molar-refractivity contribution is -0.228. The van der Waals surface area contributed by atoms with Gasteiger partial charge in [0.1, 0.15) is 17.9 Å². The van der Waals surface area contributed by atoms with E-state index in [2.05, 4.69) is 0 Å². The van der Waals surface area contributed by atoms with Crippen LogP contribution in [0.3, 0.4) is 0 Å². The lowest BCUT2D eigenvalue weighted by Crippen LogP contribution is -2.58. The number of hydrogen-bond acceptors (Lipinski definition) is 6. The van der Waals surface area contributed by atoms with Crippen LogP contribution in [0.15, 0.2) is 11.3 Å². The normalized spacial score (nSPS) is 28.6. The van der Waals surface area contributed by atoms with Crippen LogP contribution in [0.5, 0.6) is 0 Å². The summed E-state index contributed by atoms with van der Waals surface area (Å²) in [4.78, 5) is 24.9.